The molecule has 1 atom stereocenters. The molecule has 1 amide bonds. The lowest BCUT2D eigenvalue weighted by atomic mass is 9.97. The van der Waals surface area contributed by atoms with Gasteiger partial charge in [0, 0.05) is 29.5 Å². The van der Waals surface area contributed by atoms with Gasteiger partial charge >= 0.3 is 12.1 Å². The third-order valence-electron chi connectivity index (χ3n) is 5.44. The van der Waals surface area contributed by atoms with Crippen molar-refractivity contribution in [2.75, 3.05) is 13.2 Å². The van der Waals surface area contributed by atoms with Gasteiger partial charge in [-0.2, -0.15) is 0 Å². The van der Waals surface area contributed by atoms with E-state index < -0.39 is 24.7 Å². The number of thiazole rings is 1. The number of benzene rings is 2. The zero-order chi connectivity index (χ0) is 24.2. The second-order valence-electron chi connectivity index (χ2n) is 8.27. The summed E-state index contributed by atoms with van der Waals surface area (Å²) in [6.45, 7) is 4.19. The third kappa shape index (κ3) is 5.34. The number of rotatable bonds is 7. The number of carbonyl (C=O) groups excluding carboxylic acids is 1. The first-order chi connectivity index (χ1) is 16.3. The molecule has 1 aromatic heterocycles. The van der Waals surface area contributed by atoms with Gasteiger partial charge in [0.25, 0.3) is 0 Å². The molecule has 0 bridgehead atoms. The maximum Gasteiger partial charge on any atom is 0.410 e. The molecule has 0 saturated heterocycles. The summed E-state index contributed by atoms with van der Waals surface area (Å²) in [4.78, 5) is 31.8. The maximum absolute atomic E-state index is 13.3. The van der Waals surface area contributed by atoms with Crippen molar-refractivity contribution < 1.29 is 24.2 Å². The normalized spacial score (nSPS) is 15.2. The molecule has 9 heteroatoms. The van der Waals surface area contributed by atoms with Gasteiger partial charge < -0.3 is 14.6 Å². The van der Waals surface area contributed by atoms with Gasteiger partial charge in [0.05, 0.1) is 15.6 Å². The topological polar surface area (TPSA) is 89.0 Å². The number of carboxylic acid groups (broad SMARTS) is 1. The van der Waals surface area contributed by atoms with E-state index in [0.717, 1.165) is 21.1 Å². The van der Waals surface area contributed by atoms with Gasteiger partial charge in [-0.25, -0.2) is 14.6 Å². The van der Waals surface area contributed by atoms with Crippen LogP contribution in [0.5, 0.6) is 5.75 Å². The summed E-state index contributed by atoms with van der Waals surface area (Å²) in [7, 11) is 0. The number of ether oxygens (including phenoxy) is 2. The van der Waals surface area contributed by atoms with Gasteiger partial charge in [0.15, 0.2) is 6.61 Å². The van der Waals surface area contributed by atoms with E-state index >= 15 is 0 Å². The quantitative estimate of drug-likeness (QED) is 0.449. The van der Waals surface area contributed by atoms with Crippen LogP contribution in [0.4, 0.5) is 4.79 Å². The number of amides is 1. The molecular weight excluding hydrogens is 476 g/mol. The molecule has 3 aromatic rings. The molecule has 34 heavy (non-hydrogen) atoms. The lowest BCUT2D eigenvalue weighted by Crippen LogP contribution is -2.40. The fraction of sp³-hybridized carbons (Fsp3) is 0.320. The highest BCUT2D eigenvalue weighted by atomic mass is 35.5. The minimum atomic E-state index is -1.09. The van der Waals surface area contributed by atoms with Gasteiger partial charge in [0.2, 0.25) is 0 Å². The summed E-state index contributed by atoms with van der Waals surface area (Å²) < 4.78 is 11.2. The molecule has 178 valence electrons. The van der Waals surface area contributed by atoms with Gasteiger partial charge in [0.1, 0.15) is 18.4 Å². The van der Waals surface area contributed by atoms with Crippen molar-refractivity contribution in [2.45, 2.75) is 38.8 Å². The molecule has 0 radical (unpaired) electrons. The number of aromatic nitrogens is 1. The highest BCUT2D eigenvalue weighted by Gasteiger charge is 2.38. The molecule has 0 spiro atoms. The maximum atomic E-state index is 13.3. The van der Waals surface area contributed by atoms with E-state index in [1.54, 1.807) is 34.4 Å². The number of fused-ring (bicyclic) bond motifs is 1. The predicted molar refractivity (Wildman–Crippen MR) is 130 cm³/mol. The monoisotopic (exact) mass is 500 g/mol. The van der Waals surface area contributed by atoms with Crippen molar-refractivity contribution in [3.05, 3.63) is 80.3 Å². The Hall–Kier alpha value is -3.10. The van der Waals surface area contributed by atoms with Crippen molar-refractivity contribution >= 4 is 35.0 Å². The van der Waals surface area contributed by atoms with E-state index in [9.17, 15) is 9.59 Å². The van der Waals surface area contributed by atoms with Crippen LogP contribution in [0.25, 0.3) is 0 Å². The number of carbonyl (C=O) groups is 2. The molecular formula is C25H25ClN2O5S. The molecule has 1 aliphatic heterocycles. The molecule has 2 heterocycles. The molecule has 2 aromatic carbocycles. The Labute approximate surface area is 206 Å². The van der Waals surface area contributed by atoms with Crippen LogP contribution in [0.3, 0.4) is 0 Å². The summed E-state index contributed by atoms with van der Waals surface area (Å²) >= 11 is 7.88. The predicted octanol–water partition coefficient (Wildman–Crippen LogP) is 5.67. The fourth-order valence-corrected chi connectivity index (χ4v) is 5.26. The zero-order valence-electron chi connectivity index (χ0n) is 18.9. The Kier molecular flexibility index (Phi) is 7.38. The van der Waals surface area contributed by atoms with Crippen LogP contribution in [-0.2, 0) is 22.6 Å². The van der Waals surface area contributed by atoms with Crippen LogP contribution < -0.4 is 4.74 Å². The number of hydrogen-bond acceptors (Lipinski definition) is 6. The summed E-state index contributed by atoms with van der Waals surface area (Å²) in [6.07, 6.45) is 0.129. The third-order valence-corrected chi connectivity index (χ3v) is 7.13. The molecule has 0 fully saturated rings. The van der Waals surface area contributed by atoms with Crippen LogP contribution in [0.2, 0.25) is 5.02 Å². The number of hydrogen-bond donors (Lipinski definition) is 1. The van der Waals surface area contributed by atoms with Crippen LogP contribution in [0.15, 0.2) is 48.5 Å². The fourth-order valence-electron chi connectivity index (χ4n) is 3.83. The lowest BCUT2D eigenvalue weighted by Gasteiger charge is -2.35. The standard InChI is InChI=1S/C25H25ClN2O5S/c1-15(2)24-27-19-10-11-28(25(31)33-13-16-6-4-3-5-7-16)22(23(19)34-24)18-12-17(26)8-9-20(18)32-14-21(29)30/h3-9,12,15,22H,10-11,13-14H2,1-2H3,(H,29,30). The Morgan fingerprint density at radius 1 is 1.24 bits per heavy atom. The van der Waals surface area contributed by atoms with E-state index in [2.05, 4.69) is 13.8 Å². The van der Waals surface area contributed by atoms with E-state index in [1.165, 1.54) is 0 Å². The van der Waals surface area contributed by atoms with Crippen molar-refractivity contribution in [1.82, 2.24) is 9.88 Å². The number of aliphatic carboxylic acids is 1. The first kappa shape index (κ1) is 24.0. The summed E-state index contributed by atoms with van der Waals surface area (Å²) in [6, 6.07) is 13.9. The minimum absolute atomic E-state index is 0.146. The smallest absolute Gasteiger partial charge is 0.410 e. The SMILES string of the molecule is CC(C)c1nc2c(s1)C(c1cc(Cl)ccc1OCC(=O)O)N(C(=O)OCc1ccccc1)CC2. The van der Waals surface area contributed by atoms with E-state index in [1.807, 2.05) is 30.3 Å². The molecule has 1 N–H and O–H groups in total. The molecule has 0 aliphatic carbocycles. The first-order valence-corrected chi connectivity index (χ1v) is 12.1. The highest BCUT2D eigenvalue weighted by Crippen LogP contribution is 2.44. The minimum Gasteiger partial charge on any atom is -0.482 e. The van der Waals surface area contributed by atoms with E-state index in [4.69, 9.17) is 31.2 Å². The summed E-state index contributed by atoms with van der Waals surface area (Å²) in [5.74, 6) is -0.508. The Balaban J connectivity index is 1.72. The average molecular weight is 501 g/mol. The lowest BCUT2D eigenvalue weighted by molar-refractivity contribution is -0.139. The Morgan fingerprint density at radius 3 is 2.71 bits per heavy atom. The van der Waals surface area contributed by atoms with E-state index in [-0.39, 0.29) is 12.5 Å². The zero-order valence-corrected chi connectivity index (χ0v) is 20.4. The molecule has 7 nitrogen and oxygen atoms in total. The van der Waals surface area contributed by atoms with Gasteiger partial charge in [-0.3, -0.25) is 4.90 Å². The first-order valence-electron chi connectivity index (χ1n) is 10.9. The molecule has 1 unspecified atom stereocenters. The van der Waals surface area contributed by atoms with Gasteiger partial charge in [-0.05, 0) is 23.8 Å². The van der Waals surface area contributed by atoms with Crippen molar-refractivity contribution in [2.24, 2.45) is 0 Å². The van der Waals surface area contributed by atoms with Crippen molar-refractivity contribution in [1.29, 1.82) is 0 Å². The van der Waals surface area contributed by atoms with E-state index in [0.29, 0.717) is 29.3 Å². The number of nitrogens with zero attached hydrogens (tertiary/aromatic N) is 2. The summed E-state index contributed by atoms with van der Waals surface area (Å²) in [5.41, 5.74) is 2.42. The molecule has 1 aliphatic rings. The van der Waals surface area contributed by atoms with Crippen LogP contribution in [0, 0.1) is 0 Å². The molecule has 4 rings (SSSR count). The van der Waals surface area contributed by atoms with Crippen molar-refractivity contribution in [3.63, 3.8) is 0 Å². The second-order valence-corrected chi connectivity index (χ2v) is 9.77. The number of halogens is 1. The van der Waals surface area contributed by atoms with Gasteiger partial charge in [-0.15, -0.1) is 11.3 Å². The van der Waals surface area contributed by atoms with Crippen molar-refractivity contribution in [3.8, 4) is 5.75 Å². The average Bonchev–Trinajstić information content (AvgIpc) is 3.26. The van der Waals surface area contributed by atoms with Gasteiger partial charge in [-0.1, -0.05) is 55.8 Å². The Morgan fingerprint density at radius 2 is 2.00 bits per heavy atom. The largest absolute Gasteiger partial charge is 0.482 e. The van der Waals surface area contributed by atoms with Crippen LogP contribution in [0.1, 0.15) is 52.5 Å². The van der Waals surface area contributed by atoms with Crippen LogP contribution in [-0.4, -0.2) is 40.2 Å². The highest BCUT2D eigenvalue weighted by molar-refractivity contribution is 7.12. The summed E-state index contributed by atoms with van der Waals surface area (Å²) in [5, 5.41) is 10.6. The second kappa shape index (κ2) is 10.4. The Bertz CT molecular complexity index is 1180. The molecule has 0 saturated carbocycles. The van der Waals surface area contributed by atoms with Crippen LogP contribution >= 0.6 is 22.9 Å². The number of carboxylic acids is 1.